The maximum absolute atomic E-state index is 12.4. The largest absolute Gasteiger partial charge is 0.342 e. The van der Waals surface area contributed by atoms with Crippen molar-refractivity contribution in [2.45, 2.75) is 40.5 Å². The maximum atomic E-state index is 12.4. The molecular weight excluding hydrogens is 302 g/mol. The van der Waals surface area contributed by atoms with Crippen LogP contribution in [0.25, 0.3) is 11.5 Å². The topological polar surface area (TPSA) is 74.8 Å². The molecule has 1 N–H and O–H groups in total. The van der Waals surface area contributed by atoms with E-state index in [1.165, 1.54) is 0 Å². The van der Waals surface area contributed by atoms with Crippen molar-refractivity contribution >= 4 is 5.91 Å². The Morgan fingerprint density at radius 3 is 2.79 bits per heavy atom. The molecule has 0 spiro atoms. The zero-order valence-corrected chi connectivity index (χ0v) is 14.8. The third kappa shape index (κ3) is 3.63. The number of nitrogens with zero attached hydrogens (tertiary/aromatic N) is 4. The summed E-state index contributed by atoms with van der Waals surface area (Å²) in [7, 11) is 0. The fourth-order valence-electron chi connectivity index (χ4n) is 3.12. The Bertz CT molecular complexity index is 731. The van der Waals surface area contributed by atoms with Crippen LogP contribution in [0.1, 0.15) is 38.6 Å². The molecule has 3 rings (SSSR count). The second-order valence-electron chi connectivity index (χ2n) is 7.67. The minimum atomic E-state index is -0.314. The summed E-state index contributed by atoms with van der Waals surface area (Å²) in [6.07, 6.45) is 7.19. The maximum Gasteiger partial charge on any atom is 0.227 e. The van der Waals surface area contributed by atoms with Gasteiger partial charge in [0.05, 0.1) is 11.9 Å². The number of amides is 1. The van der Waals surface area contributed by atoms with E-state index in [4.69, 9.17) is 0 Å². The summed E-state index contributed by atoms with van der Waals surface area (Å²) >= 11 is 0. The zero-order valence-electron chi connectivity index (χ0n) is 14.8. The first-order valence-corrected chi connectivity index (χ1v) is 8.45. The highest BCUT2D eigenvalue weighted by Crippen LogP contribution is 2.26. The van der Waals surface area contributed by atoms with Gasteiger partial charge in [-0.05, 0) is 25.7 Å². The Morgan fingerprint density at radius 2 is 2.12 bits per heavy atom. The molecule has 2 aromatic rings. The molecule has 3 heterocycles. The predicted molar refractivity (Wildman–Crippen MR) is 92.2 cm³/mol. The van der Waals surface area contributed by atoms with E-state index in [2.05, 4.69) is 19.9 Å². The summed E-state index contributed by atoms with van der Waals surface area (Å²) in [5, 5.41) is 0. The number of aromatic amines is 1. The van der Waals surface area contributed by atoms with Crippen LogP contribution in [0.3, 0.4) is 0 Å². The van der Waals surface area contributed by atoms with Crippen LogP contribution in [0.5, 0.6) is 0 Å². The van der Waals surface area contributed by atoms with Gasteiger partial charge in [0, 0.05) is 36.6 Å². The molecular formula is C18H25N5O. The van der Waals surface area contributed by atoms with Gasteiger partial charge in [0.15, 0.2) is 5.82 Å². The Morgan fingerprint density at radius 1 is 1.33 bits per heavy atom. The number of hydrogen-bond donors (Lipinski definition) is 1. The standard InChI is InChI=1S/C18H25N5O/c1-12-8-20-16(21-12)15-10-19-9-14(22-15)7-13-5-6-23(11-13)17(24)18(2,3)4/h8-10,13H,5-7,11H2,1-4H3,(H,20,21). The molecule has 0 radical (unpaired) electrons. The van der Waals surface area contributed by atoms with E-state index < -0.39 is 0 Å². The second kappa shape index (κ2) is 6.34. The van der Waals surface area contributed by atoms with E-state index >= 15 is 0 Å². The molecule has 1 aliphatic heterocycles. The number of aryl methyl sites for hydroxylation is 1. The van der Waals surface area contributed by atoms with Gasteiger partial charge in [0.1, 0.15) is 5.69 Å². The summed E-state index contributed by atoms with van der Waals surface area (Å²) in [6.45, 7) is 9.54. The van der Waals surface area contributed by atoms with Crippen molar-refractivity contribution in [2.24, 2.45) is 11.3 Å². The fourth-order valence-corrected chi connectivity index (χ4v) is 3.12. The van der Waals surface area contributed by atoms with Crippen LogP contribution >= 0.6 is 0 Å². The Kier molecular flexibility index (Phi) is 4.39. The normalized spacial score (nSPS) is 18.2. The van der Waals surface area contributed by atoms with Crippen molar-refractivity contribution in [3.05, 3.63) is 30.0 Å². The van der Waals surface area contributed by atoms with Gasteiger partial charge in [-0.2, -0.15) is 0 Å². The molecule has 1 aliphatic rings. The molecule has 0 aliphatic carbocycles. The molecule has 6 nitrogen and oxygen atoms in total. The molecule has 1 atom stereocenters. The Hall–Kier alpha value is -2.24. The minimum Gasteiger partial charge on any atom is -0.342 e. The lowest BCUT2D eigenvalue weighted by atomic mass is 9.95. The Labute approximate surface area is 142 Å². The van der Waals surface area contributed by atoms with Crippen LogP contribution in [0, 0.1) is 18.3 Å². The van der Waals surface area contributed by atoms with Crippen LogP contribution in [0.15, 0.2) is 18.6 Å². The summed E-state index contributed by atoms with van der Waals surface area (Å²) in [4.78, 5) is 30.9. The van der Waals surface area contributed by atoms with Crippen molar-refractivity contribution in [3.8, 4) is 11.5 Å². The quantitative estimate of drug-likeness (QED) is 0.940. The molecule has 0 saturated carbocycles. The lowest BCUT2D eigenvalue weighted by molar-refractivity contribution is -0.138. The van der Waals surface area contributed by atoms with E-state index in [1.807, 2.05) is 38.8 Å². The lowest BCUT2D eigenvalue weighted by Gasteiger charge is -2.25. The lowest BCUT2D eigenvalue weighted by Crippen LogP contribution is -2.38. The number of carbonyl (C=O) groups is 1. The van der Waals surface area contributed by atoms with Gasteiger partial charge >= 0.3 is 0 Å². The zero-order chi connectivity index (χ0) is 17.3. The van der Waals surface area contributed by atoms with E-state index in [1.54, 1.807) is 12.4 Å². The van der Waals surface area contributed by atoms with Gasteiger partial charge < -0.3 is 9.88 Å². The van der Waals surface area contributed by atoms with Crippen molar-refractivity contribution < 1.29 is 4.79 Å². The van der Waals surface area contributed by atoms with E-state index in [0.29, 0.717) is 5.92 Å². The molecule has 2 aromatic heterocycles. The molecule has 0 aromatic carbocycles. The minimum absolute atomic E-state index is 0.232. The SMILES string of the molecule is Cc1cnc(-c2cncc(CC3CCN(C(=O)C(C)(C)C)C3)n2)[nH]1. The summed E-state index contributed by atoms with van der Waals surface area (Å²) in [5.74, 6) is 1.42. The van der Waals surface area contributed by atoms with Crippen LogP contribution in [0.2, 0.25) is 0 Å². The molecule has 128 valence electrons. The number of aromatic nitrogens is 4. The second-order valence-corrected chi connectivity index (χ2v) is 7.67. The van der Waals surface area contributed by atoms with Gasteiger partial charge in [-0.3, -0.25) is 9.78 Å². The number of carbonyl (C=O) groups excluding carboxylic acids is 1. The fraction of sp³-hybridized carbons (Fsp3) is 0.556. The molecule has 1 unspecified atom stereocenters. The van der Waals surface area contributed by atoms with Gasteiger partial charge in [0.25, 0.3) is 0 Å². The number of likely N-dealkylation sites (tertiary alicyclic amines) is 1. The van der Waals surface area contributed by atoms with Crippen LogP contribution < -0.4 is 0 Å². The Balaban J connectivity index is 1.66. The average Bonchev–Trinajstić information content (AvgIpc) is 3.15. The molecule has 1 amide bonds. The van der Waals surface area contributed by atoms with Crippen molar-refractivity contribution in [1.29, 1.82) is 0 Å². The van der Waals surface area contributed by atoms with Crippen LogP contribution in [-0.2, 0) is 11.2 Å². The number of hydrogen-bond acceptors (Lipinski definition) is 4. The first kappa shape index (κ1) is 16.6. The van der Waals surface area contributed by atoms with E-state index in [0.717, 1.165) is 48.8 Å². The van der Waals surface area contributed by atoms with E-state index in [9.17, 15) is 4.79 Å². The summed E-state index contributed by atoms with van der Waals surface area (Å²) in [5.41, 5.74) is 2.41. The summed E-state index contributed by atoms with van der Waals surface area (Å²) < 4.78 is 0. The monoisotopic (exact) mass is 327 g/mol. The third-order valence-corrected chi connectivity index (χ3v) is 4.34. The smallest absolute Gasteiger partial charge is 0.227 e. The van der Waals surface area contributed by atoms with E-state index in [-0.39, 0.29) is 11.3 Å². The number of nitrogens with one attached hydrogen (secondary N) is 1. The first-order valence-electron chi connectivity index (χ1n) is 8.45. The molecule has 1 fully saturated rings. The van der Waals surface area contributed by atoms with Gasteiger partial charge in [0.2, 0.25) is 5.91 Å². The number of rotatable bonds is 3. The molecule has 6 heteroatoms. The highest BCUT2D eigenvalue weighted by atomic mass is 16.2. The van der Waals surface area contributed by atoms with Gasteiger partial charge in [-0.1, -0.05) is 20.8 Å². The number of H-pyrrole nitrogens is 1. The highest BCUT2D eigenvalue weighted by molar-refractivity contribution is 5.81. The van der Waals surface area contributed by atoms with Crippen molar-refractivity contribution in [3.63, 3.8) is 0 Å². The molecule has 1 saturated heterocycles. The highest BCUT2D eigenvalue weighted by Gasteiger charge is 2.32. The van der Waals surface area contributed by atoms with Crippen molar-refractivity contribution in [1.82, 2.24) is 24.8 Å². The van der Waals surface area contributed by atoms with Gasteiger partial charge in [-0.15, -0.1) is 0 Å². The molecule has 0 bridgehead atoms. The first-order chi connectivity index (χ1) is 11.3. The predicted octanol–water partition coefficient (Wildman–Crippen LogP) is 2.61. The van der Waals surface area contributed by atoms with Crippen LogP contribution in [0.4, 0.5) is 0 Å². The third-order valence-electron chi connectivity index (χ3n) is 4.34. The van der Waals surface area contributed by atoms with Crippen molar-refractivity contribution in [2.75, 3.05) is 13.1 Å². The molecule has 24 heavy (non-hydrogen) atoms. The number of imidazole rings is 1. The summed E-state index contributed by atoms with van der Waals surface area (Å²) in [6, 6.07) is 0. The van der Waals surface area contributed by atoms with Gasteiger partial charge in [-0.25, -0.2) is 9.97 Å². The average molecular weight is 327 g/mol. The van der Waals surface area contributed by atoms with Crippen LogP contribution in [-0.4, -0.2) is 43.8 Å².